The van der Waals surface area contributed by atoms with Gasteiger partial charge in [0.15, 0.2) is 0 Å². The van der Waals surface area contributed by atoms with Crippen LogP contribution in [0.25, 0.3) is 0 Å². The largest absolute Gasteiger partial charge is 0.356 e. The molecule has 0 aromatic carbocycles. The lowest BCUT2D eigenvalue weighted by Crippen LogP contribution is -2.43. The molecule has 1 fully saturated rings. The van der Waals surface area contributed by atoms with E-state index in [0.717, 1.165) is 38.9 Å². The Kier molecular flexibility index (Phi) is 4.94. The van der Waals surface area contributed by atoms with Gasteiger partial charge in [0.25, 0.3) is 0 Å². The maximum absolute atomic E-state index is 11.7. The summed E-state index contributed by atoms with van der Waals surface area (Å²) in [6.07, 6.45) is 3.26. The molecule has 1 aliphatic rings. The van der Waals surface area contributed by atoms with Crippen molar-refractivity contribution in [2.75, 3.05) is 19.6 Å². The Morgan fingerprint density at radius 1 is 1.50 bits per heavy atom. The van der Waals surface area contributed by atoms with Gasteiger partial charge in [-0.2, -0.15) is 0 Å². The van der Waals surface area contributed by atoms with Crippen LogP contribution in [0.4, 0.5) is 0 Å². The molecule has 0 aromatic heterocycles. The molecule has 0 aromatic rings. The summed E-state index contributed by atoms with van der Waals surface area (Å²) < 4.78 is 0. The molecule has 1 saturated heterocycles. The summed E-state index contributed by atoms with van der Waals surface area (Å²) in [6, 6.07) is 0. The van der Waals surface area contributed by atoms with E-state index < -0.39 is 0 Å². The van der Waals surface area contributed by atoms with Crippen LogP contribution in [0.2, 0.25) is 0 Å². The first-order valence-corrected chi connectivity index (χ1v) is 5.72. The number of hydrogen-bond acceptors (Lipinski definition) is 2. The standard InChI is InChI=1S/C11H22N2O/c1-3-4-5-13-11(14)10-6-9(2)7-12-8-10/h9-10,12H,3-8H2,1-2H3,(H,13,14). The molecule has 0 radical (unpaired) electrons. The molecule has 0 spiro atoms. The first-order valence-electron chi connectivity index (χ1n) is 5.72. The van der Waals surface area contributed by atoms with Gasteiger partial charge in [0.2, 0.25) is 5.91 Å². The second-order valence-electron chi connectivity index (χ2n) is 4.34. The average molecular weight is 198 g/mol. The zero-order valence-electron chi connectivity index (χ0n) is 9.31. The Bertz CT molecular complexity index is 182. The third-order valence-corrected chi connectivity index (χ3v) is 2.77. The Balaban J connectivity index is 2.22. The third kappa shape index (κ3) is 3.66. The lowest BCUT2D eigenvalue weighted by Gasteiger charge is -2.26. The van der Waals surface area contributed by atoms with Gasteiger partial charge >= 0.3 is 0 Å². The van der Waals surface area contributed by atoms with Crippen LogP contribution in [-0.2, 0) is 4.79 Å². The highest BCUT2D eigenvalue weighted by Crippen LogP contribution is 2.15. The summed E-state index contributed by atoms with van der Waals surface area (Å²) in [6.45, 7) is 7.07. The number of nitrogens with one attached hydrogen (secondary N) is 2. The van der Waals surface area contributed by atoms with Crippen LogP contribution in [0.3, 0.4) is 0 Å². The minimum Gasteiger partial charge on any atom is -0.356 e. The Morgan fingerprint density at radius 2 is 2.29 bits per heavy atom. The molecule has 2 N–H and O–H groups in total. The predicted octanol–water partition coefficient (Wildman–Crippen LogP) is 1.15. The fourth-order valence-corrected chi connectivity index (χ4v) is 1.89. The summed E-state index contributed by atoms with van der Waals surface area (Å²) in [5.41, 5.74) is 0. The molecule has 3 heteroatoms. The van der Waals surface area contributed by atoms with Crippen molar-refractivity contribution in [3.63, 3.8) is 0 Å². The fraction of sp³-hybridized carbons (Fsp3) is 0.909. The van der Waals surface area contributed by atoms with Crippen LogP contribution >= 0.6 is 0 Å². The van der Waals surface area contributed by atoms with Gasteiger partial charge in [-0.25, -0.2) is 0 Å². The van der Waals surface area contributed by atoms with Crippen LogP contribution in [0.15, 0.2) is 0 Å². The fourth-order valence-electron chi connectivity index (χ4n) is 1.89. The van der Waals surface area contributed by atoms with Crippen LogP contribution in [-0.4, -0.2) is 25.5 Å². The van der Waals surface area contributed by atoms with E-state index in [0.29, 0.717) is 5.92 Å². The van der Waals surface area contributed by atoms with Crippen molar-refractivity contribution in [3.05, 3.63) is 0 Å². The van der Waals surface area contributed by atoms with Gasteiger partial charge in [0.1, 0.15) is 0 Å². The molecule has 1 amide bonds. The lowest BCUT2D eigenvalue weighted by molar-refractivity contribution is -0.125. The first kappa shape index (κ1) is 11.5. The molecule has 1 heterocycles. The van der Waals surface area contributed by atoms with E-state index in [1.54, 1.807) is 0 Å². The highest BCUT2D eigenvalue weighted by atomic mass is 16.1. The molecule has 82 valence electrons. The van der Waals surface area contributed by atoms with Gasteiger partial charge in [-0.05, 0) is 25.3 Å². The maximum Gasteiger partial charge on any atom is 0.224 e. The highest BCUT2D eigenvalue weighted by molar-refractivity contribution is 5.78. The van der Waals surface area contributed by atoms with Crippen LogP contribution in [0.5, 0.6) is 0 Å². The normalized spacial score (nSPS) is 27.3. The number of piperidine rings is 1. The summed E-state index contributed by atoms with van der Waals surface area (Å²) in [5, 5.41) is 6.29. The number of amides is 1. The second kappa shape index (κ2) is 6.02. The van der Waals surface area contributed by atoms with Crippen molar-refractivity contribution in [1.82, 2.24) is 10.6 Å². The lowest BCUT2D eigenvalue weighted by atomic mass is 9.91. The summed E-state index contributed by atoms with van der Waals surface area (Å²) in [4.78, 5) is 11.7. The molecule has 14 heavy (non-hydrogen) atoms. The van der Waals surface area contributed by atoms with Crippen molar-refractivity contribution in [2.24, 2.45) is 11.8 Å². The van der Waals surface area contributed by atoms with E-state index in [-0.39, 0.29) is 11.8 Å². The zero-order valence-corrected chi connectivity index (χ0v) is 9.31. The quantitative estimate of drug-likeness (QED) is 0.665. The van der Waals surface area contributed by atoms with Gasteiger partial charge in [0, 0.05) is 13.1 Å². The molecule has 0 bridgehead atoms. The molecule has 2 atom stereocenters. The summed E-state index contributed by atoms with van der Waals surface area (Å²) in [5.74, 6) is 1.05. The number of unbranched alkanes of at least 4 members (excludes halogenated alkanes) is 1. The molecular weight excluding hydrogens is 176 g/mol. The van der Waals surface area contributed by atoms with E-state index in [2.05, 4.69) is 24.5 Å². The second-order valence-corrected chi connectivity index (χ2v) is 4.34. The Morgan fingerprint density at radius 3 is 2.93 bits per heavy atom. The van der Waals surface area contributed by atoms with E-state index >= 15 is 0 Å². The number of rotatable bonds is 4. The molecular formula is C11H22N2O. The van der Waals surface area contributed by atoms with Gasteiger partial charge in [-0.15, -0.1) is 0 Å². The monoisotopic (exact) mass is 198 g/mol. The number of carbonyl (C=O) groups excluding carboxylic acids is 1. The van der Waals surface area contributed by atoms with E-state index in [1.165, 1.54) is 0 Å². The SMILES string of the molecule is CCCCNC(=O)C1CNCC(C)C1. The van der Waals surface area contributed by atoms with Gasteiger partial charge in [-0.3, -0.25) is 4.79 Å². The van der Waals surface area contributed by atoms with Gasteiger partial charge in [0.05, 0.1) is 5.92 Å². The van der Waals surface area contributed by atoms with Crippen molar-refractivity contribution in [2.45, 2.75) is 33.1 Å². The van der Waals surface area contributed by atoms with E-state index in [1.807, 2.05) is 0 Å². The predicted molar refractivity (Wildman–Crippen MR) is 58.1 cm³/mol. The van der Waals surface area contributed by atoms with Crippen LogP contribution < -0.4 is 10.6 Å². The third-order valence-electron chi connectivity index (χ3n) is 2.77. The maximum atomic E-state index is 11.7. The molecule has 1 rings (SSSR count). The highest BCUT2D eigenvalue weighted by Gasteiger charge is 2.24. The van der Waals surface area contributed by atoms with Crippen molar-refractivity contribution in [1.29, 1.82) is 0 Å². The molecule has 0 saturated carbocycles. The molecule has 2 unspecified atom stereocenters. The average Bonchev–Trinajstić information content (AvgIpc) is 2.18. The van der Waals surface area contributed by atoms with Crippen molar-refractivity contribution >= 4 is 5.91 Å². The first-order chi connectivity index (χ1) is 6.74. The summed E-state index contributed by atoms with van der Waals surface area (Å²) in [7, 11) is 0. The molecule has 1 aliphatic heterocycles. The van der Waals surface area contributed by atoms with Crippen molar-refractivity contribution < 1.29 is 4.79 Å². The number of hydrogen-bond donors (Lipinski definition) is 2. The van der Waals surface area contributed by atoms with Crippen LogP contribution in [0, 0.1) is 11.8 Å². The van der Waals surface area contributed by atoms with E-state index in [4.69, 9.17) is 0 Å². The smallest absolute Gasteiger partial charge is 0.224 e. The van der Waals surface area contributed by atoms with Crippen molar-refractivity contribution in [3.8, 4) is 0 Å². The molecule has 3 nitrogen and oxygen atoms in total. The Labute approximate surface area is 86.6 Å². The van der Waals surface area contributed by atoms with E-state index in [9.17, 15) is 4.79 Å². The number of carbonyl (C=O) groups is 1. The van der Waals surface area contributed by atoms with Crippen LogP contribution in [0.1, 0.15) is 33.1 Å². The zero-order chi connectivity index (χ0) is 10.4. The minimum absolute atomic E-state index is 0.190. The van der Waals surface area contributed by atoms with Gasteiger partial charge < -0.3 is 10.6 Å². The summed E-state index contributed by atoms with van der Waals surface area (Å²) >= 11 is 0. The Hall–Kier alpha value is -0.570. The van der Waals surface area contributed by atoms with Gasteiger partial charge in [-0.1, -0.05) is 20.3 Å². The minimum atomic E-state index is 0.190. The molecule has 0 aliphatic carbocycles. The topological polar surface area (TPSA) is 41.1 Å².